The van der Waals surface area contributed by atoms with Gasteiger partial charge in [-0.05, 0) is 31.9 Å². The normalized spacial score (nSPS) is 13.2. The molecule has 0 heterocycles. The van der Waals surface area contributed by atoms with Crippen LogP contribution in [0.15, 0.2) is 60.7 Å². The van der Waals surface area contributed by atoms with Gasteiger partial charge in [0.25, 0.3) is 0 Å². The van der Waals surface area contributed by atoms with Crippen LogP contribution in [-0.4, -0.2) is 37.4 Å². The van der Waals surface area contributed by atoms with Crippen molar-refractivity contribution in [3.05, 3.63) is 71.8 Å². The molecule has 0 saturated carbocycles. The lowest BCUT2D eigenvalue weighted by atomic mass is 10.0. The number of methoxy groups -OCH3 is 1. The quantitative estimate of drug-likeness (QED) is 0.712. The van der Waals surface area contributed by atoms with E-state index in [1.54, 1.807) is 27.9 Å². The number of carbonyl (C=O) groups excluding carboxylic acids is 2. The lowest BCUT2D eigenvalue weighted by molar-refractivity contribution is -0.124. The largest absolute Gasteiger partial charge is 0.444 e. The first-order chi connectivity index (χ1) is 13.8. The molecule has 0 aliphatic carbocycles. The molecule has 2 aromatic carbocycles. The molecule has 2 N–H and O–H groups in total. The van der Waals surface area contributed by atoms with Crippen LogP contribution in [0.1, 0.15) is 37.9 Å². The highest BCUT2D eigenvalue weighted by molar-refractivity contribution is 5.86. The first-order valence-corrected chi connectivity index (χ1v) is 9.66. The van der Waals surface area contributed by atoms with Crippen LogP contribution in [0.5, 0.6) is 0 Å². The molecule has 0 aromatic heterocycles. The zero-order valence-electron chi connectivity index (χ0n) is 17.5. The lowest BCUT2D eigenvalue weighted by Crippen LogP contribution is -2.50. The molecule has 0 aliphatic rings. The average Bonchev–Trinajstić information content (AvgIpc) is 2.67. The van der Waals surface area contributed by atoms with Gasteiger partial charge in [-0.2, -0.15) is 0 Å². The van der Waals surface area contributed by atoms with E-state index in [4.69, 9.17) is 9.47 Å². The second-order valence-corrected chi connectivity index (χ2v) is 7.82. The Hall–Kier alpha value is -2.86. The van der Waals surface area contributed by atoms with E-state index < -0.39 is 17.7 Å². The molecule has 29 heavy (non-hydrogen) atoms. The second-order valence-electron chi connectivity index (χ2n) is 7.82. The zero-order chi connectivity index (χ0) is 21.3. The van der Waals surface area contributed by atoms with Crippen LogP contribution >= 0.6 is 0 Å². The maximum Gasteiger partial charge on any atom is 0.408 e. The van der Waals surface area contributed by atoms with Gasteiger partial charge in [0.1, 0.15) is 11.6 Å². The Labute approximate surface area is 172 Å². The van der Waals surface area contributed by atoms with E-state index in [0.717, 1.165) is 11.1 Å². The van der Waals surface area contributed by atoms with Gasteiger partial charge in [-0.25, -0.2) is 4.79 Å². The summed E-state index contributed by atoms with van der Waals surface area (Å²) < 4.78 is 10.6. The smallest absolute Gasteiger partial charge is 0.408 e. The SMILES string of the molecule is COCC(NC(=O)[C@H](Cc1ccccc1)NC(=O)OC(C)(C)C)c1ccccc1. The van der Waals surface area contributed by atoms with Gasteiger partial charge < -0.3 is 20.1 Å². The number of amides is 2. The number of hydrogen-bond acceptors (Lipinski definition) is 4. The minimum Gasteiger partial charge on any atom is -0.444 e. The topological polar surface area (TPSA) is 76.7 Å². The molecule has 6 nitrogen and oxygen atoms in total. The fourth-order valence-corrected chi connectivity index (χ4v) is 2.85. The molecule has 2 atom stereocenters. The highest BCUT2D eigenvalue weighted by Gasteiger charge is 2.26. The summed E-state index contributed by atoms with van der Waals surface area (Å²) >= 11 is 0. The number of hydrogen-bond donors (Lipinski definition) is 2. The van der Waals surface area contributed by atoms with Gasteiger partial charge >= 0.3 is 6.09 Å². The van der Waals surface area contributed by atoms with Crippen molar-refractivity contribution < 1.29 is 19.1 Å². The third kappa shape index (κ3) is 7.95. The van der Waals surface area contributed by atoms with Crippen LogP contribution in [0.25, 0.3) is 0 Å². The van der Waals surface area contributed by atoms with Crippen LogP contribution in [0.4, 0.5) is 4.79 Å². The van der Waals surface area contributed by atoms with Crippen molar-refractivity contribution in [2.75, 3.05) is 13.7 Å². The summed E-state index contributed by atoms with van der Waals surface area (Å²) in [5, 5.41) is 5.70. The standard InChI is InChI=1S/C23H30N2O4/c1-23(2,3)29-22(27)25-19(15-17-11-7-5-8-12-17)21(26)24-20(16-28-4)18-13-9-6-10-14-18/h5-14,19-20H,15-16H2,1-4H3,(H,24,26)(H,25,27)/t19-,20?/m0/s1. The van der Waals surface area contributed by atoms with Gasteiger partial charge in [0.05, 0.1) is 12.6 Å². The predicted octanol–water partition coefficient (Wildman–Crippen LogP) is 3.63. The van der Waals surface area contributed by atoms with E-state index in [0.29, 0.717) is 13.0 Å². The van der Waals surface area contributed by atoms with E-state index in [2.05, 4.69) is 10.6 Å². The van der Waals surface area contributed by atoms with Gasteiger partial charge in [-0.1, -0.05) is 60.7 Å². The van der Waals surface area contributed by atoms with Crippen LogP contribution in [0, 0.1) is 0 Å². The first kappa shape index (κ1) is 22.4. The molecule has 2 rings (SSSR count). The molecule has 1 unspecified atom stereocenters. The molecule has 6 heteroatoms. The van der Waals surface area contributed by atoms with Crippen molar-refractivity contribution >= 4 is 12.0 Å². The van der Waals surface area contributed by atoms with Gasteiger partial charge in [0, 0.05) is 13.5 Å². The third-order valence-corrected chi connectivity index (χ3v) is 4.14. The van der Waals surface area contributed by atoms with Crippen LogP contribution in [0.2, 0.25) is 0 Å². The Morgan fingerprint density at radius 3 is 2.07 bits per heavy atom. The molecule has 156 valence electrons. The number of nitrogens with one attached hydrogen (secondary N) is 2. The summed E-state index contributed by atoms with van der Waals surface area (Å²) in [7, 11) is 1.59. The Balaban J connectivity index is 2.16. The fourth-order valence-electron chi connectivity index (χ4n) is 2.85. The molecule has 2 aromatic rings. The summed E-state index contributed by atoms with van der Waals surface area (Å²) in [4.78, 5) is 25.4. The van der Waals surface area contributed by atoms with Crippen LogP contribution < -0.4 is 10.6 Å². The molecule has 0 saturated heterocycles. The predicted molar refractivity (Wildman–Crippen MR) is 113 cm³/mol. The Morgan fingerprint density at radius 2 is 1.52 bits per heavy atom. The maximum atomic E-state index is 13.1. The van der Waals surface area contributed by atoms with Crippen molar-refractivity contribution in [1.29, 1.82) is 0 Å². The summed E-state index contributed by atoms with van der Waals surface area (Å²) in [6.07, 6.45) is -0.281. The minimum absolute atomic E-state index is 0.300. The number of carbonyl (C=O) groups is 2. The van der Waals surface area contributed by atoms with Crippen molar-refractivity contribution in [1.82, 2.24) is 10.6 Å². The fraction of sp³-hybridized carbons (Fsp3) is 0.391. The van der Waals surface area contributed by atoms with Gasteiger partial charge in [0.2, 0.25) is 5.91 Å². The van der Waals surface area contributed by atoms with E-state index in [9.17, 15) is 9.59 Å². The number of benzene rings is 2. The van der Waals surface area contributed by atoms with Gasteiger partial charge in [-0.15, -0.1) is 0 Å². The Morgan fingerprint density at radius 1 is 0.931 bits per heavy atom. The molecule has 0 aliphatic heterocycles. The van der Waals surface area contributed by atoms with Crippen molar-refractivity contribution in [3.8, 4) is 0 Å². The van der Waals surface area contributed by atoms with Crippen molar-refractivity contribution in [3.63, 3.8) is 0 Å². The average molecular weight is 399 g/mol. The molecule has 0 bridgehead atoms. The lowest BCUT2D eigenvalue weighted by Gasteiger charge is -2.25. The molecular formula is C23H30N2O4. The monoisotopic (exact) mass is 398 g/mol. The van der Waals surface area contributed by atoms with E-state index in [1.165, 1.54) is 0 Å². The molecular weight excluding hydrogens is 368 g/mol. The molecule has 0 radical (unpaired) electrons. The number of alkyl carbamates (subject to hydrolysis) is 1. The highest BCUT2D eigenvalue weighted by Crippen LogP contribution is 2.14. The van der Waals surface area contributed by atoms with Gasteiger partial charge in [0.15, 0.2) is 0 Å². The maximum absolute atomic E-state index is 13.1. The third-order valence-electron chi connectivity index (χ3n) is 4.14. The zero-order valence-corrected chi connectivity index (χ0v) is 17.5. The first-order valence-electron chi connectivity index (χ1n) is 9.66. The van der Waals surface area contributed by atoms with Crippen molar-refractivity contribution in [2.24, 2.45) is 0 Å². The van der Waals surface area contributed by atoms with E-state index in [-0.39, 0.29) is 11.9 Å². The molecule has 0 spiro atoms. The molecule has 0 fully saturated rings. The summed E-state index contributed by atoms with van der Waals surface area (Å²) in [6.45, 7) is 5.66. The number of ether oxygens (including phenoxy) is 2. The highest BCUT2D eigenvalue weighted by atomic mass is 16.6. The van der Waals surface area contributed by atoms with Crippen LogP contribution in [0.3, 0.4) is 0 Å². The Kier molecular flexibility index (Phi) is 8.21. The van der Waals surface area contributed by atoms with Crippen molar-refractivity contribution in [2.45, 2.75) is 44.9 Å². The summed E-state index contributed by atoms with van der Waals surface area (Å²) in [5.41, 5.74) is 1.21. The second kappa shape index (κ2) is 10.6. The minimum atomic E-state index is -0.782. The van der Waals surface area contributed by atoms with E-state index in [1.807, 2.05) is 60.7 Å². The number of rotatable bonds is 8. The summed E-state index contributed by atoms with van der Waals surface area (Å²) in [6, 6.07) is 18.0. The summed E-state index contributed by atoms with van der Waals surface area (Å²) in [5.74, 6) is -0.300. The van der Waals surface area contributed by atoms with Gasteiger partial charge in [-0.3, -0.25) is 4.79 Å². The molecule has 2 amide bonds. The van der Waals surface area contributed by atoms with Crippen LogP contribution in [-0.2, 0) is 20.7 Å². The van der Waals surface area contributed by atoms with E-state index >= 15 is 0 Å². The Bertz CT molecular complexity index is 772.